The molecule has 2 amide bonds. The van der Waals surface area contributed by atoms with Gasteiger partial charge in [0.05, 0.1) is 0 Å². The Balaban J connectivity index is 1.44. The number of carbonyl (C=O) groups excluding carboxylic acids is 2. The number of ether oxygens (including phenoxy) is 2. The molecule has 2 aromatic rings. The molecule has 0 spiro atoms. The summed E-state index contributed by atoms with van der Waals surface area (Å²) in [5.74, 6) is 1.29. The van der Waals surface area contributed by atoms with Crippen LogP contribution in [0.5, 0.6) is 11.5 Å². The summed E-state index contributed by atoms with van der Waals surface area (Å²) in [6, 6.07) is 10.9. The van der Waals surface area contributed by atoms with Gasteiger partial charge in [0.1, 0.15) is 0 Å². The first-order chi connectivity index (χ1) is 11.7. The lowest BCUT2D eigenvalue weighted by Crippen LogP contribution is -2.24. The first-order valence-electron chi connectivity index (χ1n) is 7.78. The van der Waals surface area contributed by atoms with E-state index < -0.39 is 0 Å². The van der Waals surface area contributed by atoms with Crippen LogP contribution in [0.2, 0.25) is 0 Å². The number of nitrogens with one attached hydrogen (secondary N) is 2. The molecule has 122 valence electrons. The average Bonchev–Trinajstić information content (AvgIpc) is 3.07. The quantitative estimate of drug-likeness (QED) is 0.908. The van der Waals surface area contributed by atoms with Gasteiger partial charge in [0, 0.05) is 24.2 Å². The minimum atomic E-state index is -0.146. The molecule has 2 heterocycles. The van der Waals surface area contributed by atoms with Crippen molar-refractivity contribution in [3.05, 3.63) is 53.1 Å². The molecule has 0 saturated heterocycles. The van der Waals surface area contributed by atoms with E-state index in [4.69, 9.17) is 9.47 Å². The lowest BCUT2D eigenvalue weighted by Gasteiger charge is -2.17. The smallest absolute Gasteiger partial charge is 0.251 e. The number of aryl methyl sites for hydroxylation is 1. The van der Waals surface area contributed by atoms with Crippen molar-refractivity contribution in [3.63, 3.8) is 0 Å². The van der Waals surface area contributed by atoms with E-state index in [0.29, 0.717) is 30.7 Å². The van der Waals surface area contributed by atoms with Gasteiger partial charge in [-0.2, -0.15) is 0 Å². The zero-order valence-electron chi connectivity index (χ0n) is 12.9. The fraction of sp³-hybridized carbons (Fsp3) is 0.222. The van der Waals surface area contributed by atoms with Gasteiger partial charge in [-0.05, 0) is 47.9 Å². The summed E-state index contributed by atoms with van der Waals surface area (Å²) in [6.07, 6.45) is 1.11. The van der Waals surface area contributed by atoms with Gasteiger partial charge in [0.2, 0.25) is 12.7 Å². The van der Waals surface area contributed by atoms with Crippen molar-refractivity contribution >= 4 is 17.5 Å². The third kappa shape index (κ3) is 2.78. The molecule has 0 saturated carbocycles. The van der Waals surface area contributed by atoms with Crippen LogP contribution in [0.1, 0.15) is 27.9 Å². The van der Waals surface area contributed by atoms with Gasteiger partial charge < -0.3 is 20.1 Å². The van der Waals surface area contributed by atoms with Gasteiger partial charge in [-0.3, -0.25) is 9.59 Å². The monoisotopic (exact) mass is 324 g/mol. The maximum absolute atomic E-state index is 12.3. The third-order valence-electron chi connectivity index (χ3n) is 4.15. The first kappa shape index (κ1) is 14.6. The predicted molar refractivity (Wildman–Crippen MR) is 87.1 cm³/mol. The van der Waals surface area contributed by atoms with E-state index in [2.05, 4.69) is 10.6 Å². The molecule has 2 N–H and O–H groups in total. The van der Waals surface area contributed by atoms with Crippen LogP contribution in [0, 0.1) is 0 Å². The van der Waals surface area contributed by atoms with Gasteiger partial charge in [-0.25, -0.2) is 0 Å². The van der Waals surface area contributed by atoms with Crippen LogP contribution in [0.3, 0.4) is 0 Å². The van der Waals surface area contributed by atoms with E-state index in [1.54, 1.807) is 12.1 Å². The second kappa shape index (κ2) is 5.88. The number of anilines is 1. The fourth-order valence-electron chi connectivity index (χ4n) is 2.86. The molecule has 6 nitrogen and oxygen atoms in total. The second-order valence-electron chi connectivity index (χ2n) is 5.79. The average molecular weight is 324 g/mol. The van der Waals surface area contributed by atoms with Crippen molar-refractivity contribution in [1.82, 2.24) is 5.32 Å². The summed E-state index contributed by atoms with van der Waals surface area (Å²) >= 11 is 0. The molecule has 0 bridgehead atoms. The standard InChI is InChI=1S/C18H16N2O4/c21-17-6-3-12-8-13(2-4-14(12)20-17)18(22)19-9-11-1-5-15-16(7-11)24-10-23-15/h1-2,4-5,7-8H,3,6,9-10H2,(H,19,22)(H,20,21). The zero-order valence-corrected chi connectivity index (χ0v) is 12.9. The summed E-state index contributed by atoms with van der Waals surface area (Å²) < 4.78 is 10.6. The zero-order chi connectivity index (χ0) is 16.5. The number of carbonyl (C=O) groups is 2. The van der Waals surface area contributed by atoms with Crippen LogP contribution >= 0.6 is 0 Å². The van der Waals surface area contributed by atoms with Crippen molar-refractivity contribution in [2.75, 3.05) is 12.1 Å². The lowest BCUT2D eigenvalue weighted by molar-refractivity contribution is -0.116. The molecular weight excluding hydrogens is 308 g/mol. The normalized spacial score (nSPS) is 14.8. The molecule has 0 atom stereocenters. The highest BCUT2D eigenvalue weighted by Gasteiger charge is 2.17. The van der Waals surface area contributed by atoms with Crippen molar-refractivity contribution in [2.45, 2.75) is 19.4 Å². The van der Waals surface area contributed by atoms with Crippen LogP contribution in [0.4, 0.5) is 5.69 Å². The molecule has 24 heavy (non-hydrogen) atoms. The highest BCUT2D eigenvalue weighted by atomic mass is 16.7. The van der Waals surface area contributed by atoms with Crippen LogP contribution in [-0.2, 0) is 17.8 Å². The number of hydrogen-bond acceptors (Lipinski definition) is 4. The van der Waals surface area contributed by atoms with Gasteiger partial charge in [0.15, 0.2) is 11.5 Å². The summed E-state index contributed by atoms with van der Waals surface area (Å²) in [7, 11) is 0. The van der Waals surface area contributed by atoms with E-state index >= 15 is 0 Å². The predicted octanol–water partition coefficient (Wildman–Crippen LogP) is 2.23. The summed E-state index contributed by atoms with van der Waals surface area (Å²) in [4.78, 5) is 23.7. The molecule has 0 aromatic heterocycles. The Morgan fingerprint density at radius 2 is 1.96 bits per heavy atom. The highest BCUT2D eigenvalue weighted by Crippen LogP contribution is 2.32. The fourth-order valence-corrected chi connectivity index (χ4v) is 2.86. The molecule has 6 heteroatoms. The molecule has 2 aliphatic rings. The summed E-state index contributed by atoms with van der Waals surface area (Å²) in [6.45, 7) is 0.639. The van der Waals surface area contributed by atoms with Crippen molar-refractivity contribution in [3.8, 4) is 11.5 Å². The molecule has 0 fully saturated rings. The van der Waals surface area contributed by atoms with E-state index in [9.17, 15) is 9.59 Å². The largest absolute Gasteiger partial charge is 0.454 e. The number of amides is 2. The Kier molecular flexibility index (Phi) is 3.57. The molecule has 0 aliphatic carbocycles. The molecule has 2 aliphatic heterocycles. The van der Waals surface area contributed by atoms with Gasteiger partial charge in [0.25, 0.3) is 5.91 Å². The van der Waals surface area contributed by atoms with Crippen molar-refractivity contribution in [1.29, 1.82) is 0 Å². The Morgan fingerprint density at radius 1 is 1.08 bits per heavy atom. The SMILES string of the molecule is O=C1CCc2cc(C(=O)NCc3ccc4c(c3)OCO4)ccc2N1. The number of hydrogen-bond donors (Lipinski definition) is 2. The topological polar surface area (TPSA) is 76.7 Å². The van der Waals surface area contributed by atoms with Crippen LogP contribution in [0.15, 0.2) is 36.4 Å². The molecular formula is C18H16N2O4. The van der Waals surface area contributed by atoms with E-state index in [0.717, 1.165) is 22.6 Å². The molecule has 4 rings (SSSR count). The molecule has 2 aromatic carbocycles. The van der Waals surface area contributed by atoms with E-state index in [-0.39, 0.29) is 18.6 Å². The number of fused-ring (bicyclic) bond motifs is 2. The highest BCUT2D eigenvalue weighted by molar-refractivity contribution is 5.97. The first-order valence-corrected chi connectivity index (χ1v) is 7.78. The van der Waals surface area contributed by atoms with Gasteiger partial charge in [-0.15, -0.1) is 0 Å². The van der Waals surface area contributed by atoms with E-state index in [1.807, 2.05) is 24.3 Å². The lowest BCUT2D eigenvalue weighted by atomic mass is 10.00. The Bertz CT molecular complexity index is 832. The minimum Gasteiger partial charge on any atom is -0.454 e. The maximum Gasteiger partial charge on any atom is 0.251 e. The molecule has 0 radical (unpaired) electrons. The van der Waals surface area contributed by atoms with Crippen molar-refractivity contribution < 1.29 is 19.1 Å². The third-order valence-corrected chi connectivity index (χ3v) is 4.15. The summed E-state index contributed by atoms with van der Waals surface area (Å²) in [5, 5.41) is 5.71. The van der Waals surface area contributed by atoms with Gasteiger partial charge in [-0.1, -0.05) is 6.07 Å². The van der Waals surface area contributed by atoms with E-state index in [1.165, 1.54) is 0 Å². The minimum absolute atomic E-state index is 0.0162. The van der Waals surface area contributed by atoms with Crippen LogP contribution < -0.4 is 20.1 Å². The Morgan fingerprint density at radius 3 is 2.88 bits per heavy atom. The molecule has 0 unspecified atom stereocenters. The Labute approximate surface area is 138 Å². The van der Waals surface area contributed by atoms with Crippen LogP contribution in [-0.4, -0.2) is 18.6 Å². The maximum atomic E-state index is 12.3. The number of rotatable bonds is 3. The number of benzene rings is 2. The summed E-state index contributed by atoms with van der Waals surface area (Å²) in [5.41, 5.74) is 3.31. The van der Waals surface area contributed by atoms with Crippen LogP contribution in [0.25, 0.3) is 0 Å². The second-order valence-corrected chi connectivity index (χ2v) is 5.79. The Hall–Kier alpha value is -3.02. The van der Waals surface area contributed by atoms with Gasteiger partial charge >= 0.3 is 0 Å². The van der Waals surface area contributed by atoms with Crippen molar-refractivity contribution in [2.24, 2.45) is 0 Å².